The Kier molecular flexibility index (Phi) is 5.89. The van der Waals surface area contributed by atoms with Crippen molar-refractivity contribution in [3.63, 3.8) is 0 Å². The van der Waals surface area contributed by atoms with E-state index in [2.05, 4.69) is 25.7 Å². The molecule has 8 nitrogen and oxygen atoms in total. The van der Waals surface area contributed by atoms with Crippen molar-refractivity contribution in [3.8, 4) is 11.6 Å². The Morgan fingerprint density at radius 1 is 1.03 bits per heavy atom. The summed E-state index contributed by atoms with van der Waals surface area (Å²) in [5.74, 6) is 2.67. The second-order valence-corrected chi connectivity index (χ2v) is 6.88. The van der Waals surface area contributed by atoms with Gasteiger partial charge in [0.15, 0.2) is 5.82 Å². The first-order valence-electron chi connectivity index (χ1n) is 9.74. The van der Waals surface area contributed by atoms with Crippen LogP contribution in [0.5, 0.6) is 5.75 Å². The number of aromatic nitrogens is 4. The van der Waals surface area contributed by atoms with Gasteiger partial charge in [-0.25, -0.2) is 14.6 Å². The van der Waals surface area contributed by atoms with Crippen molar-refractivity contribution >= 4 is 23.1 Å². The molecule has 0 saturated heterocycles. The molecule has 0 radical (unpaired) electrons. The van der Waals surface area contributed by atoms with Crippen LogP contribution in [0.3, 0.4) is 0 Å². The molecule has 0 aliphatic rings. The maximum atomic E-state index is 12.3. The predicted octanol–water partition coefficient (Wildman–Crippen LogP) is 3.90. The summed E-state index contributed by atoms with van der Waals surface area (Å²) in [6.07, 6.45) is 3.82. The molecule has 0 atom stereocenters. The molecule has 156 valence electrons. The fourth-order valence-corrected chi connectivity index (χ4v) is 3.06. The van der Waals surface area contributed by atoms with Gasteiger partial charge in [0.05, 0.1) is 13.5 Å². The average molecular weight is 414 g/mol. The normalized spacial score (nSPS) is 10.5. The molecule has 4 aromatic rings. The van der Waals surface area contributed by atoms with Crippen molar-refractivity contribution in [1.82, 2.24) is 19.7 Å². The highest BCUT2D eigenvalue weighted by molar-refractivity contribution is 5.92. The lowest BCUT2D eigenvalue weighted by Crippen LogP contribution is -2.14. The van der Waals surface area contributed by atoms with Crippen LogP contribution in [-0.4, -0.2) is 32.8 Å². The van der Waals surface area contributed by atoms with Gasteiger partial charge in [0, 0.05) is 29.8 Å². The molecular formula is C23H22N6O2. The van der Waals surface area contributed by atoms with Crippen LogP contribution in [0.1, 0.15) is 11.4 Å². The number of nitrogens with zero attached hydrogens (tertiary/aromatic N) is 4. The van der Waals surface area contributed by atoms with Gasteiger partial charge in [-0.1, -0.05) is 12.1 Å². The van der Waals surface area contributed by atoms with Gasteiger partial charge in [0.25, 0.3) is 0 Å². The monoisotopic (exact) mass is 414 g/mol. The highest BCUT2D eigenvalue weighted by atomic mass is 16.5. The molecule has 0 saturated carbocycles. The number of aryl methyl sites for hydroxylation is 1. The summed E-state index contributed by atoms with van der Waals surface area (Å²) in [4.78, 5) is 21.1. The number of methoxy groups -OCH3 is 1. The maximum Gasteiger partial charge on any atom is 0.228 e. The average Bonchev–Trinajstić information content (AvgIpc) is 3.30. The van der Waals surface area contributed by atoms with Gasteiger partial charge in [-0.2, -0.15) is 5.10 Å². The molecule has 0 aliphatic heterocycles. The second-order valence-electron chi connectivity index (χ2n) is 6.88. The molecule has 0 fully saturated rings. The number of hydrogen-bond donors (Lipinski definition) is 2. The highest BCUT2D eigenvalue weighted by Gasteiger charge is 2.07. The molecule has 31 heavy (non-hydrogen) atoms. The zero-order valence-corrected chi connectivity index (χ0v) is 17.2. The van der Waals surface area contributed by atoms with E-state index in [1.54, 1.807) is 18.0 Å². The molecule has 0 bridgehead atoms. The largest absolute Gasteiger partial charge is 0.497 e. The van der Waals surface area contributed by atoms with Crippen molar-refractivity contribution < 1.29 is 9.53 Å². The summed E-state index contributed by atoms with van der Waals surface area (Å²) in [5.41, 5.74) is 2.49. The number of carbonyl (C=O) groups is 1. The zero-order chi connectivity index (χ0) is 21.6. The van der Waals surface area contributed by atoms with Gasteiger partial charge in [-0.15, -0.1) is 0 Å². The lowest BCUT2D eigenvalue weighted by Gasteiger charge is -2.10. The molecule has 0 aliphatic carbocycles. The molecule has 2 aromatic heterocycles. The summed E-state index contributed by atoms with van der Waals surface area (Å²) < 4.78 is 6.82. The minimum atomic E-state index is -0.0823. The number of amides is 1. The first-order chi connectivity index (χ1) is 15.1. The molecule has 0 spiro atoms. The number of hydrogen-bond acceptors (Lipinski definition) is 6. The molecule has 2 N–H and O–H groups in total. The van der Waals surface area contributed by atoms with Gasteiger partial charge < -0.3 is 15.4 Å². The van der Waals surface area contributed by atoms with Crippen LogP contribution in [0.4, 0.5) is 17.2 Å². The summed E-state index contributed by atoms with van der Waals surface area (Å²) in [7, 11) is 1.62. The van der Waals surface area contributed by atoms with E-state index in [4.69, 9.17) is 4.74 Å². The zero-order valence-electron chi connectivity index (χ0n) is 17.2. The van der Waals surface area contributed by atoms with Crippen LogP contribution >= 0.6 is 0 Å². The van der Waals surface area contributed by atoms with Crippen molar-refractivity contribution in [2.45, 2.75) is 13.3 Å². The van der Waals surface area contributed by atoms with Crippen molar-refractivity contribution in [2.75, 3.05) is 17.7 Å². The van der Waals surface area contributed by atoms with Crippen LogP contribution in [0.2, 0.25) is 0 Å². The third-order valence-corrected chi connectivity index (χ3v) is 4.53. The Bertz CT molecular complexity index is 1160. The van der Waals surface area contributed by atoms with Crippen LogP contribution in [0.15, 0.2) is 73.1 Å². The third-order valence-electron chi connectivity index (χ3n) is 4.53. The van der Waals surface area contributed by atoms with E-state index in [0.29, 0.717) is 23.9 Å². The van der Waals surface area contributed by atoms with E-state index in [0.717, 1.165) is 22.7 Å². The molecule has 2 aromatic carbocycles. The second kappa shape index (κ2) is 9.08. The molecule has 2 heterocycles. The molecule has 4 rings (SSSR count). The van der Waals surface area contributed by atoms with Crippen molar-refractivity contribution in [1.29, 1.82) is 0 Å². The van der Waals surface area contributed by atoms with E-state index in [-0.39, 0.29) is 5.91 Å². The van der Waals surface area contributed by atoms with E-state index < -0.39 is 0 Å². The molecular weight excluding hydrogens is 392 g/mol. The van der Waals surface area contributed by atoms with Crippen LogP contribution < -0.4 is 15.4 Å². The number of anilines is 3. The number of nitrogens with one attached hydrogen (secondary N) is 2. The molecule has 8 heteroatoms. The minimum absolute atomic E-state index is 0.0823. The van der Waals surface area contributed by atoms with E-state index in [1.807, 2.05) is 73.8 Å². The van der Waals surface area contributed by atoms with Gasteiger partial charge >= 0.3 is 0 Å². The Hall–Kier alpha value is -4.20. The Morgan fingerprint density at radius 3 is 2.45 bits per heavy atom. The lowest BCUT2D eigenvalue weighted by atomic mass is 10.1. The fourth-order valence-electron chi connectivity index (χ4n) is 3.06. The molecule has 0 unspecified atom stereocenters. The minimum Gasteiger partial charge on any atom is -0.497 e. The van der Waals surface area contributed by atoms with Gasteiger partial charge in [-0.3, -0.25) is 4.79 Å². The summed E-state index contributed by atoms with van der Waals surface area (Å²) >= 11 is 0. The fraction of sp³-hybridized carbons (Fsp3) is 0.130. The van der Waals surface area contributed by atoms with Crippen LogP contribution in [-0.2, 0) is 11.2 Å². The first kappa shape index (κ1) is 20.1. The summed E-state index contributed by atoms with van der Waals surface area (Å²) in [6, 6.07) is 18.6. The maximum absolute atomic E-state index is 12.3. The van der Waals surface area contributed by atoms with Crippen molar-refractivity contribution in [3.05, 3.63) is 84.4 Å². The van der Waals surface area contributed by atoms with Gasteiger partial charge in [-0.05, 0) is 55.0 Å². The Balaban J connectivity index is 1.38. The van der Waals surface area contributed by atoms with E-state index in [9.17, 15) is 4.79 Å². The lowest BCUT2D eigenvalue weighted by molar-refractivity contribution is -0.115. The Morgan fingerprint density at radius 2 is 1.77 bits per heavy atom. The van der Waals surface area contributed by atoms with Gasteiger partial charge in [0.1, 0.15) is 17.4 Å². The Labute approximate surface area is 179 Å². The standard InChI is InChI=1S/C23H22N6O2/c1-16-25-21(15-22(26-16)29-13-3-12-24-29)27-18-6-8-19(9-7-18)28-23(30)14-17-4-10-20(31-2)11-5-17/h3-13,15H,14H2,1-2H3,(H,28,30)(H,25,26,27). The predicted molar refractivity (Wildman–Crippen MR) is 119 cm³/mol. The van der Waals surface area contributed by atoms with Crippen molar-refractivity contribution in [2.24, 2.45) is 0 Å². The third kappa shape index (κ3) is 5.24. The molecule has 1 amide bonds. The summed E-state index contributed by atoms with van der Waals surface area (Å²) in [6.45, 7) is 1.83. The van der Waals surface area contributed by atoms with E-state index in [1.165, 1.54) is 0 Å². The van der Waals surface area contributed by atoms with Crippen LogP contribution in [0.25, 0.3) is 5.82 Å². The van der Waals surface area contributed by atoms with E-state index >= 15 is 0 Å². The smallest absolute Gasteiger partial charge is 0.228 e. The van der Waals surface area contributed by atoms with Gasteiger partial charge in [0.2, 0.25) is 5.91 Å². The first-order valence-corrected chi connectivity index (χ1v) is 9.74. The van der Waals surface area contributed by atoms with Crippen LogP contribution in [0, 0.1) is 6.92 Å². The number of carbonyl (C=O) groups excluding carboxylic acids is 1. The number of rotatable bonds is 7. The number of ether oxygens (including phenoxy) is 1. The highest BCUT2D eigenvalue weighted by Crippen LogP contribution is 2.20. The number of benzene rings is 2. The summed E-state index contributed by atoms with van der Waals surface area (Å²) in [5, 5.41) is 10.4. The SMILES string of the molecule is COc1ccc(CC(=O)Nc2ccc(Nc3cc(-n4cccn4)nc(C)n3)cc2)cc1. The topological polar surface area (TPSA) is 94.0 Å². The quantitative estimate of drug-likeness (QED) is 0.476.